The van der Waals surface area contributed by atoms with Crippen LogP contribution in [0, 0.1) is 17.8 Å². The molecular weight excluding hydrogens is 156 g/mol. The van der Waals surface area contributed by atoms with Crippen molar-refractivity contribution >= 4 is 0 Å². The van der Waals surface area contributed by atoms with Crippen LogP contribution in [0.3, 0.4) is 0 Å². The second-order valence-corrected chi connectivity index (χ2v) is 4.32. The maximum absolute atomic E-state index is 2.39. The van der Waals surface area contributed by atoms with Crippen molar-refractivity contribution < 1.29 is 0 Å². The van der Waals surface area contributed by atoms with E-state index in [9.17, 15) is 0 Å². The molecule has 3 atom stereocenters. The van der Waals surface area contributed by atoms with Gasteiger partial charge < -0.3 is 0 Å². The Kier molecular flexibility index (Phi) is 7.03. The Bertz CT molecular complexity index is 135. The van der Waals surface area contributed by atoms with Crippen molar-refractivity contribution in [1.29, 1.82) is 0 Å². The molecular formula is C13H26. The SMILES string of the molecule is CC=CC(CC)C(C)CC(C)CC. The molecule has 0 aromatic carbocycles. The van der Waals surface area contributed by atoms with Crippen molar-refractivity contribution in [3.8, 4) is 0 Å². The van der Waals surface area contributed by atoms with E-state index in [1.807, 2.05) is 0 Å². The molecule has 0 heteroatoms. The molecule has 0 aliphatic heterocycles. The maximum atomic E-state index is 2.39. The van der Waals surface area contributed by atoms with E-state index in [1.54, 1.807) is 0 Å². The molecule has 0 aromatic heterocycles. The predicted octanol–water partition coefficient (Wildman–Crippen LogP) is 4.66. The molecule has 0 aromatic rings. The molecule has 0 heterocycles. The first-order chi connectivity index (χ1) is 6.15. The topological polar surface area (TPSA) is 0 Å². The molecule has 0 N–H and O–H groups in total. The molecule has 0 saturated heterocycles. The van der Waals surface area contributed by atoms with Crippen LogP contribution in [0.25, 0.3) is 0 Å². The summed E-state index contributed by atoms with van der Waals surface area (Å²) in [7, 11) is 0. The lowest BCUT2D eigenvalue weighted by molar-refractivity contribution is 0.328. The number of rotatable bonds is 6. The van der Waals surface area contributed by atoms with Crippen LogP contribution in [0.15, 0.2) is 12.2 Å². The van der Waals surface area contributed by atoms with Crippen LogP contribution in [0.5, 0.6) is 0 Å². The normalized spacial score (nSPS) is 18.8. The van der Waals surface area contributed by atoms with Crippen LogP contribution < -0.4 is 0 Å². The first-order valence-corrected chi connectivity index (χ1v) is 5.78. The average Bonchev–Trinajstić information content (AvgIpc) is 2.13. The number of allylic oxidation sites excluding steroid dienone is 2. The molecule has 0 spiro atoms. The molecule has 0 rings (SSSR count). The molecule has 3 unspecified atom stereocenters. The molecule has 0 radical (unpaired) electrons. The van der Waals surface area contributed by atoms with E-state index in [1.165, 1.54) is 19.3 Å². The Morgan fingerprint density at radius 2 is 1.69 bits per heavy atom. The molecule has 0 amide bonds. The zero-order valence-electron chi connectivity index (χ0n) is 10.0. The Hall–Kier alpha value is -0.260. The van der Waals surface area contributed by atoms with Gasteiger partial charge in [-0.1, -0.05) is 46.3 Å². The van der Waals surface area contributed by atoms with E-state index in [-0.39, 0.29) is 0 Å². The standard InChI is InChI=1S/C13H26/c1-6-9-13(8-3)12(5)10-11(4)7-2/h6,9,11-13H,7-8,10H2,1-5H3. The van der Waals surface area contributed by atoms with Crippen LogP contribution in [0.1, 0.15) is 53.9 Å². The van der Waals surface area contributed by atoms with Gasteiger partial charge in [0.1, 0.15) is 0 Å². The quantitative estimate of drug-likeness (QED) is 0.524. The second-order valence-electron chi connectivity index (χ2n) is 4.32. The van der Waals surface area contributed by atoms with Gasteiger partial charge in [0.2, 0.25) is 0 Å². The van der Waals surface area contributed by atoms with Crippen molar-refractivity contribution in [3.63, 3.8) is 0 Å². The largest absolute Gasteiger partial charge is 0.0914 e. The highest BCUT2D eigenvalue weighted by molar-refractivity contribution is 4.87. The van der Waals surface area contributed by atoms with Crippen LogP contribution in [0.4, 0.5) is 0 Å². The second kappa shape index (κ2) is 7.17. The summed E-state index contributed by atoms with van der Waals surface area (Å²) in [6.07, 6.45) is 8.53. The number of hydrogen-bond acceptors (Lipinski definition) is 0. The van der Waals surface area contributed by atoms with Crippen molar-refractivity contribution in [1.82, 2.24) is 0 Å². The van der Waals surface area contributed by atoms with E-state index in [2.05, 4.69) is 46.8 Å². The highest BCUT2D eigenvalue weighted by atomic mass is 14.2. The van der Waals surface area contributed by atoms with E-state index in [0.717, 1.165) is 17.8 Å². The Morgan fingerprint density at radius 1 is 1.08 bits per heavy atom. The highest BCUT2D eigenvalue weighted by Crippen LogP contribution is 2.25. The summed E-state index contributed by atoms with van der Waals surface area (Å²) < 4.78 is 0. The minimum atomic E-state index is 0.791. The van der Waals surface area contributed by atoms with Gasteiger partial charge in [-0.25, -0.2) is 0 Å². The number of hydrogen-bond donors (Lipinski definition) is 0. The van der Waals surface area contributed by atoms with Crippen molar-refractivity contribution in [2.24, 2.45) is 17.8 Å². The predicted molar refractivity (Wildman–Crippen MR) is 61.8 cm³/mol. The highest BCUT2D eigenvalue weighted by Gasteiger charge is 2.14. The molecule has 0 saturated carbocycles. The third-order valence-electron chi connectivity index (χ3n) is 3.11. The fourth-order valence-electron chi connectivity index (χ4n) is 1.95. The van der Waals surface area contributed by atoms with E-state index in [4.69, 9.17) is 0 Å². The van der Waals surface area contributed by atoms with Gasteiger partial charge in [0.25, 0.3) is 0 Å². The lowest BCUT2D eigenvalue weighted by Crippen LogP contribution is -2.11. The molecule has 0 nitrogen and oxygen atoms in total. The van der Waals surface area contributed by atoms with Gasteiger partial charge in [-0.05, 0) is 37.5 Å². The maximum Gasteiger partial charge on any atom is -0.0210 e. The van der Waals surface area contributed by atoms with Gasteiger partial charge in [-0.2, -0.15) is 0 Å². The van der Waals surface area contributed by atoms with Crippen LogP contribution in [0.2, 0.25) is 0 Å². The summed E-state index contributed by atoms with van der Waals surface area (Å²) in [5.41, 5.74) is 0. The molecule has 0 aliphatic rings. The third-order valence-corrected chi connectivity index (χ3v) is 3.11. The molecule has 78 valence electrons. The van der Waals surface area contributed by atoms with Gasteiger partial charge in [-0.15, -0.1) is 0 Å². The monoisotopic (exact) mass is 182 g/mol. The summed E-state index contributed by atoms with van der Waals surface area (Å²) in [5.74, 6) is 2.52. The van der Waals surface area contributed by atoms with Crippen molar-refractivity contribution in [2.75, 3.05) is 0 Å². The summed E-state index contributed by atoms with van der Waals surface area (Å²) in [6, 6.07) is 0. The van der Waals surface area contributed by atoms with Crippen LogP contribution in [-0.4, -0.2) is 0 Å². The first-order valence-electron chi connectivity index (χ1n) is 5.78. The van der Waals surface area contributed by atoms with Gasteiger partial charge in [0.05, 0.1) is 0 Å². The molecule has 0 aliphatic carbocycles. The van der Waals surface area contributed by atoms with Crippen molar-refractivity contribution in [3.05, 3.63) is 12.2 Å². The Labute approximate surface area is 84.4 Å². The average molecular weight is 182 g/mol. The zero-order chi connectivity index (χ0) is 10.3. The Morgan fingerprint density at radius 3 is 2.08 bits per heavy atom. The van der Waals surface area contributed by atoms with E-state index in [0.29, 0.717) is 0 Å². The summed E-state index contributed by atoms with van der Waals surface area (Å²) in [6.45, 7) is 11.4. The van der Waals surface area contributed by atoms with Gasteiger partial charge >= 0.3 is 0 Å². The lowest BCUT2D eigenvalue weighted by atomic mass is 9.84. The van der Waals surface area contributed by atoms with Gasteiger partial charge in [0.15, 0.2) is 0 Å². The zero-order valence-corrected chi connectivity index (χ0v) is 10.0. The van der Waals surface area contributed by atoms with Gasteiger partial charge in [-0.3, -0.25) is 0 Å². The lowest BCUT2D eigenvalue weighted by Gasteiger charge is -2.22. The van der Waals surface area contributed by atoms with E-state index >= 15 is 0 Å². The van der Waals surface area contributed by atoms with E-state index < -0.39 is 0 Å². The fraction of sp³-hybridized carbons (Fsp3) is 0.846. The minimum absolute atomic E-state index is 0.791. The molecule has 13 heavy (non-hydrogen) atoms. The fourth-order valence-corrected chi connectivity index (χ4v) is 1.95. The van der Waals surface area contributed by atoms with Crippen LogP contribution >= 0.6 is 0 Å². The molecule has 0 fully saturated rings. The van der Waals surface area contributed by atoms with Crippen LogP contribution in [-0.2, 0) is 0 Å². The summed E-state index contributed by atoms with van der Waals surface area (Å²) >= 11 is 0. The van der Waals surface area contributed by atoms with Crippen molar-refractivity contribution in [2.45, 2.75) is 53.9 Å². The Balaban J connectivity index is 3.97. The first kappa shape index (κ1) is 12.7. The van der Waals surface area contributed by atoms with Gasteiger partial charge in [0, 0.05) is 0 Å². The minimum Gasteiger partial charge on any atom is -0.0914 e. The summed E-state index contributed by atoms with van der Waals surface area (Å²) in [5, 5.41) is 0. The third kappa shape index (κ3) is 5.13. The smallest absolute Gasteiger partial charge is 0.0210 e. The summed E-state index contributed by atoms with van der Waals surface area (Å²) in [4.78, 5) is 0. The molecule has 0 bridgehead atoms.